The van der Waals surface area contributed by atoms with Gasteiger partial charge in [-0.15, -0.1) is 11.3 Å². The third kappa shape index (κ3) is 2.74. The molecular weight excluding hydrogens is 285 g/mol. The number of fused-ring (bicyclic) bond motifs is 1. The summed E-state index contributed by atoms with van der Waals surface area (Å²) in [5.41, 5.74) is 0.697. The van der Waals surface area contributed by atoms with Gasteiger partial charge in [0.2, 0.25) is 0 Å². The van der Waals surface area contributed by atoms with Crippen LogP contribution in [0.25, 0.3) is 21.6 Å². The minimum atomic E-state index is -0.276. The van der Waals surface area contributed by atoms with Gasteiger partial charge in [-0.2, -0.15) is 0 Å². The Morgan fingerprint density at radius 2 is 2.05 bits per heavy atom. The number of nitrogens with zero attached hydrogens (tertiary/aromatic N) is 2. The number of aromatic nitrogens is 2. The van der Waals surface area contributed by atoms with Crippen LogP contribution in [0.2, 0.25) is 0 Å². The summed E-state index contributed by atoms with van der Waals surface area (Å²) in [5.74, 6) is 1.10. The van der Waals surface area contributed by atoms with E-state index in [1.807, 2.05) is 13.0 Å². The van der Waals surface area contributed by atoms with Crippen LogP contribution in [0, 0.1) is 5.82 Å². The van der Waals surface area contributed by atoms with Crippen LogP contribution in [0.1, 0.15) is 18.7 Å². The molecule has 21 heavy (non-hydrogen) atoms. The maximum absolute atomic E-state index is 13.4. The van der Waals surface area contributed by atoms with E-state index in [9.17, 15) is 4.39 Å². The smallest absolute Gasteiger partial charge is 0.163 e. The van der Waals surface area contributed by atoms with E-state index in [0.717, 1.165) is 29.0 Å². The summed E-state index contributed by atoms with van der Waals surface area (Å²) in [6.07, 6.45) is 0.974. The molecule has 0 unspecified atom stereocenters. The van der Waals surface area contributed by atoms with E-state index >= 15 is 0 Å². The molecule has 0 spiro atoms. The van der Waals surface area contributed by atoms with Crippen LogP contribution in [0.3, 0.4) is 0 Å². The zero-order valence-electron chi connectivity index (χ0n) is 12.0. The number of benzene rings is 1. The van der Waals surface area contributed by atoms with Crippen molar-refractivity contribution in [2.75, 3.05) is 11.9 Å². The van der Waals surface area contributed by atoms with Gasteiger partial charge >= 0.3 is 0 Å². The van der Waals surface area contributed by atoms with Crippen molar-refractivity contribution in [3.8, 4) is 11.4 Å². The summed E-state index contributed by atoms with van der Waals surface area (Å²) in [5, 5.41) is 4.32. The number of hydrogen-bond donors (Lipinski definition) is 1. The number of thiophene rings is 1. The second kappa shape index (κ2) is 5.77. The van der Waals surface area contributed by atoms with Crippen molar-refractivity contribution in [2.24, 2.45) is 0 Å². The second-order valence-electron chi connectivity index (χ2n) is 4.72. The highest BCUT2D eigenvalue weighted by molar-refractivity contribution is 7.18. The molecule has 3 rings (SSSR count). The number of halogens is 1. The van der Waals surface area contributed by atoms with E-state index in [2.05, 4.69) is 28.3 Å². The average Bonchev–Trinajstić information content (AvgIpc) is 2.91. The highest BCUT2D eigenvalue weighted by atomic mass is 32.1. The number of nitrogens with one attached hydrogen (secondary N) is 1. The second-order valence-corrected chi connectivity index (χ2v) is 5.84. The first kappa shape index (κ1) is 13.9. The molecule has 5 heteroatoms. The first-order valence-corrected chi connectivity index (χ1v) is 7.83. The monoisotopic (exact) mass is 301 g/mol. The molecule has 108 valence electrons. The van der Waals surface area contributed by atoms with Crippen molar-refractivity contribution in [1.29, 1.82) is 0 Å². The Hall–Kier alpha value is -2.01. The lowest BCUT2D eigenvalue weighted by molar-refractivity contribution is 0.628. The van der Waals surface area contributed by atoms with Crippen LogP contribution in [0.15, 0.2) is 30.3 Å². The molecule has 3 aromatic rings. The van der Waals surface area contributed by atoms with Crippen molar-refractivity contribution in [2.45, 2.75) is 20.3 Å². The molecule has 0 aliphatic rings. The van der Waals surface area contributed by atoms with Crippen LogP contribution in [0.4, 0.5) is 10.2 Å². The van der Waals surface area contributed by atoms with Crippen LogP contribution < -0.4 is 5.32 Å². The van der Waals surface area contributed by atoms with Gasteiger partial charge in [0.15, 0.2) is 5.82 Å². The minimum absolute atomic E-state index is 0.276. The number of rotatable bonds is 4. The van der Waals surface area contributed by atoms with Gasteiger partial charge in [0.1, 0.15) is 16.5 Å². The molecular formula is C16H16FN3S. The third-order valence-electron chi connectivity index (χ3n) is 3.22. The van der Waals surface area contributed by atoms with E-state index in [4.69, 9.17) is 0 Å². The summed E-state index contributed by atoms with van der Waals surface area (Å²) in [7, 11) is 0. The minimum Gasteiger partial charge on any atom is -0.370 e. The van der Waals surface area contributed by atoms with Crippen LogP contribution in [0.5, 0.6) is 0 Å². The van der Waals surface area contributed by atoms with Gasteiger partial charge in [0, 0.05) is 17.0 Å². The fourth-order valence-electron chi connectivity index (χ4n) is 2.20. The van der Waals surface area contributed by atoms with Gasteiger partial charge in [-0.05, 0) is 31.5 Å². The lowest BCUT2D eigenvalue weighted by atomic mass is 10.2. The fraction of sp³-hybridized carbons (Fsp3) is 0.250. The van der Waals surface area contributed by atoms with Crippen molar-refractivity contribution >= 4 is 27.4 Å². The zero-order chi connectivity index (χ0) is 14.8. The maximum Gasteiger partial charge on any atom is 0.163 e. The molecule has 0 bridgehead atoms. The Balaban J connectivity index is 2.19. The summed E-state index contributed by atoms with van der Waals surface area (Å²) >= 11 is 1.67. The number of anilines is 1. The van der Waals surface area contributed by atoms with E-state index in [-0.39, 0.29) is 5.82 Å². The standard InChI is InChI=1S/C16H16FN3S/c1-3-12-9-13-15(18-4-2)19-14(20-16(13)21-12)10-6-5-7-11(17)8-10/h5-9H,3-4H2,1-2H3,(H,18,19,20). The van der Waals surface area contributed by atoms with E-state index < -0.39 is 0 Å². The molecule has 2 heterocycles. The fourth-order valence-corrected chi connectivity index (χ4v) is 3.17. The SMILES string of the molecule is CCNc1nc(-c2cccc(F)c2)nc2sc(CC)cc12. The van der Waals surface area contributed by atoms with Gasteiger partial charge in [0.25, 0.3) is 0 Å². The zero-order valence-corrected chi connectivity index (χ0v) is 12.8. The van der Waals surface area contributed by atoms with Crippen LogP contribution in [-0.2, 0) is 6.42 Å². The lowest BCUT2D eigenvalue weighted by Crippen LogP contribution is -2.02. The van der Waals surface area contributed by atoms with E-state index in [1.165, 1.54) is 17.0 Å². The molecule has 3 nitrogen and oxygen atoms in total. The van der Waals surface area contributed by atoms with Gasteiger partial charge in [-0.3, -0.25) is 0 Å². The molecule has 0 radical (unpaired) electrons. The van der Waals surface area contributed by atoms with Crippen molar-refractivity contribution < 1.29 is 4.39 Å². The normalized spacial score (nSPS) is 11.0. The molecule has 0 fully saturated rings. The molecule has 0 aliphatic carbocycles. The molecule has 0 saturated carbocycles. The van der Waals surface area contributed by atoms with Gasteiger partial charge in [0.05, 0.1) is 5.39 Å². The Kier molecular flexibility index (Phi) is 3.84. The first-order chi connectivity index (χ1) is 10.2. The van der Waals surface area contributed by atoms with Gasteiger partial charge in [-0.25, -0.2) is 14.4 Å². The molecule has 0 aliphatic heterocycles. The number of aryl methyl sites for hydroxylation is 1. The van der Waals surface area contributed by atoms with Crippen molar-refractivity contribution in [1.82, 2.24) is 9.97 Å². The molecule has 0 atom stereocenters. The average molecular weight is 301 g/mol. The third-order valence-corrected chi connectivity index (χ3v) is 4.39. The largest absolute Gasteiger partial charge is 0.370 e. The summed E-state index contributed by atoms with van der Waals surface area (Å²) < 4.78 is 13.4. The lowest BCUT2D eigenvalue weighted by Gasteiger charge is -2.07. The van der Waals surface area contributed by atoms with Crippen molar-refractivity contribution in [3.63, 3.8) is 0 Å². The Morgan fingerprint density at radius 1 is 1.19 bits per heavy atom. The summed E-state index contributed by atoms with van der Waals surface area (Å²) in [6, 6.07) is 8.53. The Labute approximate surface area is 126 Å². The summed E-state index contributed by atoms with van der Waals surface area (Å²) in [6.45, 7) is 4.94. The Bertz CT molecular complexity index is 782. The number of hydrogen-bond acceptors (Lipinski definition) is 4. The summed E-state index contributed by atoms with van der Waals surface area (Å²) in [4.78, 5) is 11.4. The quantitative estimate of drug-likeness (QED) is 0.771. The molecule has 2 aromatic heterocycles. The van der Waals surface area contributed by atoms with Gasteiger partial charge in [-0.1, -0.05) is 19.1 Å². The van der Waals surface area contributed by atoms with Crippen LogP contribution >= 0.6 is 11.3 Å². The van der Waals surface area contributed by atoms with Crippen molar-refractivity contribution in [3.05, 3.63) is 41.0 Å². The molecule has 1 aromatic carbocycles. The first-order valence-electron chi connectivity index (χ1n) is 7.01. The molecule has 0 amide bonds. The molecule has 1 N–H and O–H groups in total. The van der Waals surface area contributed by atoms with Crippen LogP contribution in [-0.4, -0.2) is 16.5 Å². The maximum atomic E-state index is 13.4. The highest BCUT2D eigenvalue weighted by Gasteiger charge is 2.12. The van der Waals surface area contributed by atoms with E-state index in [1.54, 1.807) is 17.4 Å². The van der Waals surface area contributed by atoms with E-state index in [0.29, 0.717) is 11.4 Å². The Morgan fingerprint density at radius 3 is 2.76 bits per heavy atom. The predicted molar refractivity (Wildman–Crippen MR) is 86.4 cm³/mol. The molecule has 0 saturated heterocycles. The highest BCUT2D eigenvalue weighted by Crippen LogP contribution is 2.31. The topological polar surface area (TPSA) is 37.8 Å². The predicted octanol–water partition coefficient (Wildman–Crippen LogP) is 4.49. The van der Waals surface area contributed by atoms with Gasteiger partial charge < -0.3 is 5.32 Å².